The number of carbonyl (C=O) groups is 1. The van der Waals surface area contributed by atoms with Crippen molar-refractivity contribution in [2.45, 2.75) is 13.0 Å². The highest BCUT2D eigenvalue weighted by atomic mass is 35.5. The van der Waals surface area contributed by atoms with Gasteiger partial charge in [-0.1, -0.05) is 35.3 Å². The van der Waals surface area contributed by atoms with Crippen LogP contribution in [0.5, 0.6) is 11.5 Å². The molecule has 1 N–H and O–H groups in total. The van der Waals surface area contributed by atoms with Crippen molar-refractivity contribution in [2.24, 2.45) is 0 Å². The Kier molecular flexibility index (Phi) is 5.52. The molecule has 0 fully saturated rings. The quantitative estimate of drug-likeness (QED) is 0.877. The molecule has 4 nitrogen and oxygen atoms in total. The van der Waals surface area contributed by atoms with E-state index in [1.165, 1.54) is 0 Å². The largest absolute Gasteiger partial charge is 0.497 e. The third-order valence-corrected chi connectivity index (χ3v) is 3.56. The molecule has 2 aromatic carbocycles. The highest BCUT2D eigenvalue weighted by molar-refractivity contribution is 6.39. The lowest BCUT2D eigenvalue weighted by Gasteiger charge is -2.16. The second-order valence-electron chi connectivity index (χ2n) is 4.52. The minimum absolute atomic E-state index is 0.349. The van der Waals surface area contributed by atoms with Gasteiger partial charge in [-0.3, -0.25) is 4.79 Å². The number of ether oxygens (including phenoxy) is 2. The van der Waals surface area contributed by atoms with Gasteiger partial charge in [-0.2, -0.15) is 0 Å². The first-order chi connectivity index (χ1) is 10.5. The highest BCUT2D eigenvalue weighted by Crippen LogP contribution is 2.30. The van der Waals surface area contributed by atoms with Crippen LogP contribution in [0.25, 0.3) is 0 Å². The van der Waals surface area contributed by atoms with Gasteiger partial charge in [0, 0.05) is 6.07 Å². The van der Waals surface area contributed by atoms with E-state index in [4.69, 9.17) is 32.7 Å². The van der Waals surface area contributed by atoms with Crippen molar-refractivity contribution in [3.05, 3.63) is 52.5 Å². The maximum atomic E-state index is 12.2. The van der Waals surface area contributed by atoms with Gasteiger partial charge in [0.2, 0.25) is 0 Å². The summed E-state index contributed by atoms with van der Waals surface area (Å²) in [5.74, 6) is 0.837. The summed E-state index contributed by atoms with van der Waals surface area (Å²) < 4.78 is 10.7. The van der Waals surface area contributed by atoms with Crippen molar-refractivity contribution < 1.29 is 14.3 Å². The summed E-state index contributed by atoms with van der Waals surface area (Å²) in [7, 11) is 1.56. The zero-order valence-corrected chi connectivity index (χ0v) is 13.6. The molecule has 1 atom stereocenters. The predicted molar refractivity (Wildman–Crippen MR) is 88.2 cm³/mol. The number of hydrogen-bond donors (Lipinski definition) is 1. The standard InChI is InChI=1S/C16H15Cl2NO3/c1-10(22-12-6-3-5-11(9-12)21-2)16(20)19-15-13(17)7-4-8-14(15)18/h3-10H,1-2H3,(H,19,20)/t10-/m1/s1. The molecule has 0 spiro atoms. The van der Waals surface area contributed by atoms with E-state index in [1.807, 2.05) is 0 Å². The number of carbonyl (C=O) groups excluding carboxylic acids is 1. The number of benzene rings is 2. The minimum atomic E-state index is -0.723. The Bertz CT molecular complexity index is 656. The first-order valence-electron chi connectivity index (χ1n) is 6.57. The van der Waals surface area contributed by atoms with Crippen LogP contribution < -0.4 is 14.8 Å². The van der Waals surface area contributed by atoms with Crippen LogP contribution in [-0.4, -0.2) is 19.1 Å². The smallest absolute Gasteiger partial charge is 0.265 e. The van der Waals surface area contributed by atoms with Gasteiger partial charge in [0.1, 0.15) is 11.5 Å². The summed E-state index contributed by atoms with van der Waals surface area (Å²) in [6.07, 6.45) is -0.723. The molecule has 0 aliphatic rings. The maximum absolute atomic E-state index is 12.2. The van der Waals surface area contributed by atoms with Crippen molar-refractivity contribution in [3.8, 4) is 11.5 Å². The number of halogens is 2. The zero-order chi connectivity index (χ0) is 16.1. The lowest BCUT2D eigenvalue weighted by molar-refractivity contribution is -0.122. The molecule has 0 saturated carbocycles. The molecule has 22 heavy (non-hydrogen) atoms. The number of methoxy groups -OCH3 is 1. The lowest BCUT2D eigenvalue weighted by Crippen LogP contribution is -2.30. The molecule has 0 aliphatic carbocycles. The summed E-state index contributed by atoms with van der Waals surface area (Å²) in [6.45, 7) is 1.64. The highest BCUT2D eigenvalue weighted by Gasteiger charge is 2.17. The van der Waals surface area contributed by atoms with Gasteiger partial charge < -0.3 is 14.8 Å². The van der Waals surface area contributed by atoms with Crippen LogP contribution in [-0.2, 0) is 4.79 Å². The molecule has 6 heteroatoms. The molecule has 0 radical (unpaired) electrons. The van der Waals surface area contributed by atoms with Gasteiger partial charge in [0.15, 0.2) is 6.10 Å². The summed E-state index contributed by atoms with van der Waals surface area (Å²) in [5, 5.41) is 3.41. The summed E-state index contributed by atoms with van der Waals surface area (Å²) in [6, 6.07) is 12.0. The van der Waals surface area contributed by atoms with Crippen molar-refractivity contribution in [2.75, 3.05) is 12.4 Å². The van der Waals surface area contributed by atoms with Crippen LogP contribution >= 0.6 is 23.2 Å². The Morgan fingerprint density at radius 3 is 2.32 bits per heavy atom. The van der Waals surface area contributed by atoms with Gasteiger partial charge in [-0.25, -0.2) is 0 Å². The van der Waals surface area contributed by atoms with Gasteiger partial charge in [0.05, 0.1) is 22.8 Å². The Hall–Kier alpha value is -1.91. The summed E-state index contributed by atoms with van der Waals surface area (Å²) >= 11 is 12.0. The van der Waals surface area contributed by atoms with Crippen molar-refractivity contribution in [1.29, 1.82) is 0 Å². The molecule has 0 heterocycles. The van der Waals surface area contributed by atoms with E-state index in [-0.39, 0.29) is 5.91 Å². The second kappa shape index (κ2) is 7.38. The predicted octanol–water partition coefficient (Wildman–Crippen LogP) is 4.41. The van der Waals surface area contributed by atoms with Crippen LogP contribution in [0, 0.1) is 0 Å². The summed E-state index contributed by atoms with van der Waals surface area (Å²) in [5.41, 5.74) is 0.372. The van der Waals surface area contributed by atoms with Gasteiger partial charge in [-0.15, -0.1) is 0 Å². The van der Waals surface area contributed by atoms with E-state index in [2.05, 4.69) is 5.32 Å². The molecule has 2 rings (SSSR count). The lowest BCUT2D eigenvalue weighted by atomic mass is 10.3. The van der Waals surface area contributed by atoms with E-state index in [0.29, 0.717) is 27.2 Å². The zero-order valence-electron chi connectivity index (χ0n) is 12.1. The Balaban J connectivity index is 2.06. The third-order valence-electron chi connectivity index (χ3n) is 2.93. The fourth-order valence-corrected chi connectivity index (χ4v) is 2.27. The molecule has 0 saturated heterocycles. The summed E-state index contributed by atoms with van der Waals surface area (Å²) in [4.78, 5) is 12.2. The van der Waals surface area contributed by atoms with Crippen molar-refractivity contribution in [3.63, 3.8) is 0 Å². The van der Waals surface area contributed by atoms with Gasteiger partial charge >= 0.3 is 0 Å². The molecule has 116 valence electrons. The number of amides is 1. The van der Waals surface area contributed by atoms with Crippen LogP contribution in [0.15, 0.2) is 42.5 Å². The Morgan fingerprint density at radius 2 is 1.68 bits per heavy atom. The molecule has 0 aromatic heterocycles. The van der Waals surface area contributed by atoms with Crippen LogP contribution in [0.4, 0.5) is 5.69 Å². The Morgan fingerprint density at radius 1 is 1.09 bits per heavy atom. The van der Waals surface area contributed by atoms with E-state index in [9.17, 15) is 4.79 Å². The number of nitrogens with one attached hydrogen (secondary N) is 1. The number of hydrogen-bond acceptors (Lipinski definition) is 3. The monoisotopic (exact) mass is 339 g/mol. The number of para-hydroxylation sites is 1. The fourth-order valence-electron chi connectivity index (χ4n) is 1.77. The van der Waals surface area contributed by atoms with Gasteiger partial charge in [0.25, 0.3) is 5.91 Å². The molecule has 0 aliphatic heterocycles. The topological polar surface area (TPSA) is 47.6 Å². The van der Waals surface area contributed by atoms with E-state index in [1.54, 1.807) is 56.5 Å². The van der Waals surface area contributed by atoms with E-state index >= 15 is 0 Å². The SMILES string of the molecule is COc1cccc(O[C@H](C)C(=O)Nc2c(Cl)cccc2Cl)c1. The van der Waals surface area contributed by atoms with E-state index in [0.717, 1.165) is 0 Å². The van der Waals surface area contributed by atoms with Crippen LogP contribution in [0.1, 0.15) is 6.92 Å². The molecular formula is C16H15Cl2NO3. The van der Waals surface area contributed by atoms with Crippen LogP contribution in [0.3, 0.4) is 0 Å². The minimum Gasteiger partial charge on any atom is -0.497 e. The molecule has 0 unspecified atom stereocenters. The van der Waals surface area contributed by atoms with E-state index < -0.39 is 6.10 Å². The molecule has 0 bridgehead atoms. The average Bonchev–Trinajstić information content (AvgIpc) is 2.51. The fraction of sp³-hybridized carbons (Fsp3) is 0.188. The molecular weight excluding hydrogens is 325 g/mol. The molecule has 1 amide bonds. The second-order valence-corrected chi connectivity index (χ2v) is 5.34. The number of rotatable bonds is 5. The van der Waals surface area contributed by atoms with Crippen LogP contribution in [0.2, 0.25) is 10.0 Å². The van der Waals surface area contributed by atoms with Crippen molar-refractivity contribution >= 4 is 34.8 Å². The number of anilines is 1. The van der Waals surface area contributed by atoms with Gasteiger partial charge in [-0.05, 0) is 31.2 Å². The normalized spacial score (nSPS) is 11.6. The Labute approximate surface area is 138 Å². The first-order valence-corrected chi connectivity index (χ1v) is 7.32. The average molecular weight is 340 g/mol. The third kappa shape index (κ3) is 4.06. The first kappa shape index (κ1) is 16.5. The van der Waals surface area contributed by atoms with Crippen molar-refractivity contribution in [1.82, 2.24) is 0 Å². The maximum Gasteiger partial charge on any atom is 0.265 e. The molecule has 2 aromatic rings.